The van der Waals surface area contributed by atoms with Gasteiger partial charge in [-0.25, -0.2) is 4.79 Å². The number of nitrogens with one attached hydrogen (secondary N) is 1. The molecule has 0 aliphatic heterocycles. The molecule has 0 saturated carbocycles. The second-order valence-corrected chi connectivity index (χ2v) is 3.77. The van der Waals surface area contributed by atoms with Crippen molar-refractivity contribution in [2.75, 3.05) is 13.2 Å². The van der Waals surface area contributed by atoms with Crippen LogP contribution in [0.2, 0.25) is 0 Å². The molecule has 0 aromatic carbocycles. The van der Waals surface area contributed by atoms with Gasteiger partial charge in [-0.2, -0.15) is 5.10 Å². The Morgan fingerprint density at radius 1 is 1.53 bits per heavy atom. The molecule has 0 radical (unpaired) electrons. The monoisotopic (exact) mass is 239 g/mol. The summed E-state index contributed by atoms with van der Waals surface area (Å²) >= 11 is 0. The Bertz CT molecular complexity index is 349. The summed E-state index contributed by atoms with van der Waals surface area (Å²) < 4.78 is 6.86. The standard InChI is InChI=1S/C12H21N3O2/c1-4-7-13-11(12(16)17-6-3)10-8-14-15(5-2)9-10/h8-9,11,13H,4-7H2,1-3H3. The zero-order valence-corrected chi connectivity index (χ0v) is 10.8. The van der Waals surface area contributed by atoms with Gasteiger partial charge in [-0.1, -0.05) is 6.92 Å². The fraction of sp³-hybridized carbons (Fsp3) is 0.667. The number of hydrogen-bond donors (Lipinski definition) is 1. The fourth-order valence-electron chi connectivity index (χ4n) is 1.55. The number of rotatable bonds is 7. The molecule has 0 amide bonds. The Kier molecular flexibility index (Phi) is 5.69. The second-order valence-electron chi connectivity index (χ2n) is 3.77. The van der Waals surface area contributed by atoms with Crippen LogP contribution in [-0.4, -0.2) is 28.9 Å². The Balaban J connectivity index is 2.77. The zero-order chi connectivity index (χ0) is 12.7. The van der Waals surface area contributed by atoms with E-state index >= 15 is 0 Å². The first-order valence-electron chi connectivity index (χ1n) is 6.15. The van der Waals surface area contributed by atoms with Crippen molar-refractivity contribution in [3.05, 3.63) is 18.0 Å². The first-order chi connectivity index (χ1) is 8.22. The summed E-state index contributed by atoms with van der Waals surface area (Å²) in [6, 6.07) is -0.407. The second kappa shape index (κ2) is 7.06. The van der Waals surface area contributed by atoms with Crippen LogP contribution in [0.1, 0.15) is 38.8 Å². The predicted molar refractivity (Wildman–Crippen MR) is 65.6 cm³/mol. The smallest absolute Gasteiger partial charge is 0.327 e. The minimum Gasteiger partial charge on any atom is -0.465 e. The Hall–Kier alpha value is -1.36. The van der Waals surface area contributed by atoms with Crippen LogP contribution >= 0.6 is 0 Å². The van der Waals surface area contributed by atoms with Crippen LogP contribution < -0.4 is 5.32 Å². The molecule has 0 saturated heterocycles. The lowest BCUT2D eigenvalue weighted by Crippen LogP contribution is -2.30. The molecule has 1 heterocycles. The van der Waals surface area contributed by atoms with E-state index in [1.54, 1.807) is 10.9 Å². The van der Waals surface area contributed by atoms with Gasteiger partial charge in [0.25, 0.3) is 0 Å². The number of carbonyl (C=O) groups is 1. The Labute approximate surface area is 102 Å². The Morgan fingerprint density at radius 3 is 2.82 bits per heavy atom. The summed E-state index contributed by atoms with van der Waals surface area (Å²) in [6.45, 7) is 7.85. The number of nitrogens with zero attached hydrogens (tertiary/aromatic N) is 2. The van der Waals surface area contributed by atoms with Crippen molar-refractivity contribution >= 4 is 5.97 Å². The highest BCUT2D eigenvalue weighted by Crippen LogP contribution is 2.14. The van der Waals surface area contributed by atoms with Crippen molar-refractivity contribution in [2.24, 2.45) is 0 Å². The van der Waals surface area contributed by atoms with Crippen molar-refractivity contribution in [3.8, 4) is 0 Å². The van der Waals surface area contributed by atoms with Crippen LogP contribution in [0.25, 0.3) is 0 Å². The molecular weight excluding hydrogens is 218 g/mol. The zero-order valence-electron chi connectivity index (χ0n) is 10.8. The number of esters is 1. The van der Waals surface area contributed by atoms with E-state index in [0.717, 1.165) is 25.1 Å². The maximum Gasteiger partial charge on any atom is 0.327 e. The summed E-state index contributed by atoms with van der Waals surface area (Å²) in [7, 11) is 0. The van der Waals surface area contributed by atoms with Crippen molar-refractivity contribution < 1.29 is 9.53 Å². The molecule has 1 rings (SSSR count). The van der Waals surface area contributed by atoms with Crippen LogP contribution in [0.15, 0.2) is 12.4 Å². The van der Waals surface area contributed by atoms with Gasteiger partial charge in [-0.15, -0.1) is 0 Å². The minimum atomic E-state index is -0.407. The highest BCUT2D eigenvalue weighted by Gasteiger charge is 2.22. The highest BCUT2D eigenvalue weighted by atomic mass is 16.5. The van der Waals surface area contributed by atoms with Crippen molar-refractivity contribution in [1.29, 1.82) is 0 Å². The molecule has 1 aromatic rings. The van der Waals surface area contributed by atoms with E-state index < -0.39 is 6.04 Å². The molecule has 1 aromatic heterocycles. The molecular formula is C12H21N3O2. The third kappa shape index (κ3) is 3.85. The summed E-state index contributed by atoms with van der Waals surface area (Å²) in [5.41, 5.74) is 0.860. The normalized spacial score (nSPS) is 12.4. The molecule has 17 heavy (non-hydrogen) atoms. The van der Waals surface area contributed by atoms with E-state index in [2.05, 4.69) is 17.3 Å². The molecule has 5 nitrogen and oxygen atoms in total. The molecule has 0 bridgehead atoms. The predicted octanol–water partition coefficient (Wildman–Crippen LogP) is 1.51. The van der Waals surface area contributed by atoms with Gasteiger partial charge in [0.15, 0.2) is 0 Å². The van der Waals surface area contributed by atoms with Crippen LogP contribution in [0.4, 0.5) is 0 Å². The van der Waals surface area contributed by atoms with E-state index in [-0.39, 0.29) is 5.97 Å². The van der Waals surface area contributed by atoms with Crippen LogP contribution in [-0.2, 0) is 16.1 Å². The van der Waals surface area contributed by atoms with Gasteiger partial charge in [0.2, 0.25) is 0 Å². The molecule has 0 spiro atoms. The average molecular weight is 239 g/mol. The summed E-state index contributed by atoms with van der Waals surface area (Å²) in [4.78, 5) is 11.8. The maximum absolute atomic E-state index is 11.8. The molecule has 96 valence electrons. The number of carbonyl (C=O) groups excluding carboxylic acids is 1. The van der Waals surface area contributed by atoms with Crippen molar-refractivity contribution in [3.63, 3.8) is 0 Å². The molecule has 0 fully saturated rings. The first kappa shape index (κ1) is 13.7. The SMILES string of the molecule is CCCNC(C(=O)OCC)c1cnn(CC)c1. The lowest BCUT2D eigenvalue weighted by molar-refractivity contribution is -0.145. The third-order valence-corrected chi connectivity index (χ3v) is 2.43. The quantitative estimate of drug-likeness (QED) is 0.733. The van der Waals surface area contributed by atoms with E-state index in [1.165, 1.54) is 0 Å². The van der Waals surface area contributed by atoms with E-state index in [4.69, 9.17) is 4.74 Å². The molecule has 0 aliphatic carbocycles. The first-order valence-corrected chi connectivity index (χ1v) is 6.15. The van der Waals surface area contributed by atoms with E-state index in [9.17, 15) is 4.79 Å². The number of hydrogen-bond acceptors (Lipinski definition) is 4. The molecule has 1 unspecified atom stereocenters. The number of aryl methyl sites for hydroxylation is 1. The van der Waals surface area contributed by atoms with Crippen LogP contribution in [0, 0.1) is 0 Å². The van der Waals surface area contributed by atoms with Gasteiger partial charge < -0.3 is 10.1 Å². The largest absolute Gasteiger partial charge is 0.465 e. The summed E-state index contributed by atoms with van der Waals surface area (Å²) in [5.74, 6) is -0.239. The van der Waals surface area contributed by atoms with E-state index in [0.29, 0.717) is 6.61 Å². The third-order valence-electron chi connectivity index (χ3n) is 2.43. The highest BCUT2D eigenvalue weighted by molar-refractivity contribution is 5.77. The summed E-state index contributed by atoms with van der Waals surface area (Å²) in [5, 5.41) is 7.35. The number of ether oxygens (including phenoxy) is 1. The topological polar surface area (TPSA) is 56.1 Å². The molecule has 0 aliphatic rings. The fourth-order valence-corrected chi connectivity index (χ4v) is 1.55. The minimum absolute atomic E-state index is 0.239. The van der Waals surface area contributed by atoms with Gasteiger partial charge in [0.05, 0.1) is 12.8 Å². The van der Waals surface area contributed by atoms with Gasteiger partial charge in [-0.3, -0.25) is 4.68 Å². The van der Waals surface area contributed by atoms with Gasteiger partial charge >= 0.3 is 5.97 Å². The number of aromatic nitrogens is 2. The Morgan fingerprint density at radius 2 is 2.29 bits per heavy atom. The molecule has 1 atom stereocenters. The average Bonchev–Trinajstić information content (AvgIpc) is 2.78. The van der Waals surface area contributed by atoms with Gasteiger partial charge in [0.1, 0.15) is 6.04 Å². The van der Waals surface area contributed by atoms with Gasteiger partial charge in [-0.05, 0) is 26.8 Å². The van der Waals surface area contributed by atoms with Crippen molar-refractivity contribution in [1.82, 2.24) is 15.1 Å². The van der Waals surface area contributed by atoms with E-state index in [1.807, 2.05) is 20.0 Å². The van der Waals surface area contributed by atoms with Crippen molar-refractivity contribution in [2.45, 2.75) is 39.8 Å². The summed E-state index contributed by atoms with van der Waals surface area (Å²) in [6.07, 6.45) is 4.57. The molecule has 5 heteroatoms. The van der Waals surface area contributed by atoms with Gasteiger partial charge in [0, 0.05) is 18.3 Å². The maximum atomic E-state index is 11.8. The van der Waals surface area contributed by atoms with Crippen LogP contribution in [0.5, 0.6) is 0 Å². The van der Waals surface area contributed by atoms with Crippen LogP contribution in [0.3, 0.4) is 0 Å². The molecule has 1 N–H and O–H groups in total. The lowest BCUT2D eigenvalue weighted by Gasteiger charge is -2.15. The lowest BCUT2D eigenvalue weighted by atomic mass is 10.1.